The first-order valence-corrected chi connectivity index (χ1v) is 9.74. The van der Waals surface area contributed by atoms with Crippen molar-refractivity contribution in [2.24, 2.45) is 10.1 Å². The molecule has 30 heavy (non-hydrogen) atoms. The quantitative estimate of drug-likeness (QED) is 0.226. The first-order chi connectivity index (χ1) is 14.7. The van der Waals surface area contributed by atoms with Crippen LogP contribution in [0.25, 0.3) is 10.4 Å². The van der Waals surface area contributed by atoms with Gasteiger partial charge in [-0.1, -0.05) is 89.5 Å². The van der Waals surface area contributed by atoms with Crippen molar-refractivity contribution in [3.63, 3.8) is 0 Å². The molecule has 0 unspecified atom stereocenters. The van der Waals surface area contributed by atoms with Crippen LogP contribution in [-0.2, 0) is 9.53 Å². The van der Waals surface area contributed by atoms with E-state index in [1.165, 1.54) is 0 Å². The van der Waals surface area contributed by atoms with Crippen molar-refractivity contribution in [1.29, 1.82) is 0 Å². The summed E-state index contributed by atoms with van der Waals surface area (Å²) in [6.07, 6.45) is -0.783. The fraction of sp³-hybridized carbons (Fsp3) is 0.130. The summed E-state index contributed by atoms with van der Waals surface area (Å²) in [4.78, 5) is 20.6. The van der Waals surface area contributed by atoms with Crippen LogP contribution in [0.2, 0.25) is 5.02 Å². The Bertz CT molecular complexity index is 1110. The van der Waals surface area contributed by atoms with Crippen LogP contribution in [0.15, 0.2) is 95.0 Å². The maximum Gasteiger partial charge on any atom is 0.357 e. The van der Waals surface area contributed by atoms with E-state index in [0.717, 1.165) is 11.1 Å². The molecule has 0 aliphatic carbocycles. The smallest absolute Gasteiger partial charge is 0.357 e. The summed E-state index contributed by atoms with van der Waals surface area (Å²) in [7, 11) is 0. The van der Waals surface area contributed by atoms with E-state index < -0.39 is 24.2 Å². The van der Waals surface area contributed by atoms with E-state index in [2.05, 4.69) is 10.0 Å². The molecular weight excluding hydrogens is 400 g/mol. The molecule has 0 radical (unpaired) electrons. The first-order valence-electron chi connectivity index (χ1n) is 9.36. The number of rotatable bonds is 5. The third-order valence-electron chi connectivity index (χ3n) is 4.90. The van der Waals surface area contributed by atoms with Crippen LogP contribution >= 0.6 is 11.6 Å². The van der Waals surface area contributed by atoms with Gasteiger partial charge in [-0.05, 0) is 28.8 Å². The van der Waals surface area contributed by atoms with E-state index in [-0.39, 0.29) is 5.71 Å². The Labute approximate surface area is 178 Å². The summed E-state index contributed by atoms with van der Waals surface area (Å²) in [5.74, 6) is -0.566. The lowest BCUT2D eigenvalue weighted by Gasteiger charge is -2.33. The summed E-state index contributed by atoms with van der Waals surface area (Å²) in [6.45, 7) is 0. The highest BCUT2D eigenvalue weighted by Gasteiger charge is 2.39. The number of halogens is 1. The van der Waals surface area contributed by atoms with Crippen LogP contribution in [0.1, 0.15) is 28.8 Å². The van der Waals surface area contributed by atoms with Crippen LogP contribution in [0.4, 0.5) is 0 Å². The number of ether oxygens (including phenoxy) is 1. The Morgan fingerprint density at radius 3 is 2.23 bits per heavy atom. The molecular formula is C23H17ClN4O2. The fourth-order valence-electron chi connectivity index (χ4n) is 3.49. The van der Waals surface area contributed by atoms with Gasteiger partial charge in [0.05, 0.1) is 0 Å². The maximum absolute atomic E-state index is 12.9. The van der Waals surface area contributed by atoms with Crippen molar-refractivity contribution in [1.82, 2.24) is 0 Å². The second-order valence-electron chi connectivity index (χ2n) is 6.77. The van der Waals surface area contributed by atoms with Crippen LogP contribution in [0, 0.1) is 0 Å². The second-order valence-corrected chi connectivity index (χ2v) is 7.21. The standard InChI is InChI=1S/C23H17ClN4O2/c24-18-13-11-17(12-14-18)21-23(29)30-22(19(26-21)15-7-3-1-4-8-15)20(27-28-25)16-9-5-2-6-10-16/h1-14,19-20,22H/t19-,20+,22-/m1/s1. The molecule has 3 aromatic carbocycles. The summed E-state index contributed by atoms with van der Waals surface area (Å²) in [6, 6.07) is 24.4. The molecule has 1 aliphatic heterocycles. The van der Waals surface area contributed by atoms with Gasteiger partial charge in [0.15, 0.2) is 5.71 Å². The zero-order chi connectivity index (χ0) is 20.9. The topological polar surface area (TPSA) is 87.4 Å². The van der Waals surface area contributed by atoms with E-state index in [1.807, 2.05) is 60.7 Å². The number of esters is 1. The fourth-order valence-corrected chi connectivity index (χ4v) is 3.61. The molecule has 4 rings (SSSR count). The van der Waals surface area contributed by atoms with Crippen LogP contribution in [-0.4, -0.2) is 17.8 Å². The Balaban J connectivity index is 1.83. The highest BCUT2D eigenvalue weighted by atomic mass is 35.5. The molecule has 3 aromatic rings. The minimum absolute atomic E-state index is 0.213. The van der Waals surface area contributed by atoms with E-state index in [1.54, 1.807) is 24.3 Å². The van der Waals surface area contributed by atoms with E-state index in [0.29, 0.717) is 10.6 Å². The van der Waals surface area contributed by atoms with Gasteiger partial charge in [0, 0.05) is 15.5 Å². The predicted molar refractivity (Wildman–Crippen MR) is 115 cm³/mol. The number of hydrogen-bond acceptors (Lipinski definition) is 4. The Hall–Kier alpha value is -3.60. The molecule has 6 nitrogen and oxygen atoms in total. The van der Waals surface area contributed by atoms with Crippen molar-refractivity contribution in [3.8, 4) is 0 Å². The van der Waals surface area contributed by atoms with Gasteiger partial charge in [-0.25, -0.2) is 4.79 Å². The van der Waals surface area contributed by atoms with E-state index in [4.69, 9.17) is 21.3 Å². The summed E-state index contributed by atoms with van der Waals surface area (Å²) < 4.78 is 5.85. The number of benzene rings is 3. The molecule has 0 bridgehead atoms. The van der Waals surface area contributed by atoms with E-state index >= 15 is 0 Å². The van der Waals surface area contributed by atoms with Crippen LogP contribution in [0.3, 0.4) is 0 Å². The molecule has 0 aromatic heterocycles. The van der Waals surface area contributed by atoms with Crippen molar-refractivity contribution in [2.75, 3.05) is 0 Å². The predicted octanol–water partition coefficient (Wildman–Crippen LogP) is 5.85. The molecule has 0 saturated heterocycles. The number of carbonyl (C=O) groups is 1. The van der Waals surface area contributed by atoms with Gasteiger partial charge in [0.1, 0.15) is 18.2 Å². The average molecular weight is 417 g/mol. The van der Waals surface area contributed by atoms with Gasteiger partial charge in [0.2, 0.25) is 0 Å². The lowest BCUT2D eigenvalue weighted by Crippen LogP contribution is -2.38. The monoisotopic (exact) mass is 416 g/mol. The highest BCUT2D eigenvalue weighted by Crippen LogP contribution is 2.38. The Morgan fingerprint density at radius 1 is 0.967 bits per heavy atom. The molecule has 0 N–H and O–H groups in total. The Kier molecular flexibility index (Phi) is 5.80. The lowest BCUT2D eigenvalue weighted by molar-refractivity contribution is -0.144. The zero-order valence-electron chi connectivity index (χ0n) is 15.8. The molecule has 0 fully saturated rings. The van der Waals surface area contributed by atoms with Gasteiger partial charge >= 0.3 is 5.97 Å². The zero-order valence-corrected chi connectivity index (χ0v) is 16.6. The lowest BCUT2D eigenvalue weighted by atomic mass is 9.91. The van der Waals surface area contributed by atoms with Crippen molar-refractivity contribution in [3.05, 3.63) is 117 Å². The third-order valence-corrected chi connectivity index (χ3v) is 5.15. The van der Waals surface area contributed by atoms with Gasteiger partial charge < -0.3 is 4.74 Å². The van der Waals surface area contributed by atoms with Crippen LogP contribution in [0.5, 0.6) is 0 Å². The first kappa shape index (κ1) is 19.7. The largest absolute Gasteiger partial charge is 0.454 e. The molecule has 3 atom stereocenters. The van der Waals surface area contributed by atoms with Crippen molar-refractivity contribution in [2.45, 2.75) is 18.2 Å². The summed E-state index contributed by atoms with van der Waals surface area (Å²) in [5, 5.41) is 4.52. The number of cyclic esters (lactones) is 1. The molecule has 0 saturated carbocycles. The molecule has 7 heteroatoms. The molecule has 1 aliphatic rings. The van der Waals surface area contributed by atoms with Gasteiger partial charge in [-0.3, -0.25) is 4.99 Å². The SMILES string of the molecule is [N-]=[N+]=N[C@@H](c1ccccc1)[C@@H]1OC(=O)C(c2ccc(Cl)cc2)=N[C@@H]1c1ccccc1. The highest BCUT2D eigenvalue weighted by molar-refractivity contribution is 6.43. The number of azide groups is 1. The second kappa shape index (κ2) is 8.82. The van der Waals surface area contributed by atoms with Crippen LogP contribution < -0.4 is 0 Å². The van der Waals surface area contributed by atoms with E-state index in [9.17, 15) is 10.3 Å². The maximum atomic E-state index is 12.9. The molecule has 0 amide bonds. The minimum Gasteiger partial charge on any atom is -0.454 e. The van der Waals surface area contributed by atoms with Crippen molar-refractivity contribution < 1.29 is 9.53 Å². The molecule has 0 spiro atoms. The average Bonchev–Trinajstić information content (AvgIpc) is 2.79. The molecule has 1 heterocycles. The van der Waals surface area contributed by atoms with Crippen molar-refractivity contribution >= 4 is 23.3 Å². The van der Waals surface area contributed by atoms with Gasteiger partial charge in [0.25, 0.3) is 0 Å². The minimum atomic E-state index is -0.783. The van der Waals surface area contributed by atoms with Gasteiger partial charge in [-0.2, -0.15) is 0 Å². The number of nitrogens with zero attached hydrogens (tertiary/aromatic N) is 4. The Morgan fingerprint density at radius 2 is 1.60 bits per heavy atom. The molecule has 148 valence electrons. The number of aliphatic imine (C=N–C) groups is 1. The number of carbonyl (C=O) groups excluding carboxylic acids is 1. The van der Waals surface area contributed by atoms with Gasteiger partial charge in [-0.15, -0.1) is 0 Å². The number of hydrogen-bond donors (Lipinski definition) is 0. The third kappa shape index (κ3) is 4.06. The summed E-state index contributed by atoms with van der Waals surface area (Å²) in [5.41, 5.74) is 11.6. The summed E-state index contributed by atoms with van der Waals surface area (Å²) >= 11 is 5.98. The normalized spacial score (nSPS) is 19.2.